The highest BCUT2D eigenvalue weighted by Crippen LogP contribution is 2.25. The van der Waals surface area contributed by atoms with E-state index < -0.39 is 0 Å². The lowest BCUT2D eigenvalue weighted by Crippen LogP contribution is -2.41. The van der Waals surface area contributed by atoms with Gasteiger partial charge >= 0.3 is 0 Å². The van der Waals surface area contributed by atoms with Crippen LogP contribution < -0.4 is 10.9 Å². The molecule has 2 aliphatic rings. The van der Waals surface area contributed by atoms with Crippen LogP contribution in [0.1, 0.15) is 36.0 Å². The average molecular weight is 370 g/mol. The predicted octanol–water partition coefficient (Wildman–Crippen LogP) is 1.30. The van der Waals surface area contributed by atoms with Crippen molar-refractivity contribution in [3.05, 3.63) is 40.4 Å². The van der Waals surface area contributed by atoms with E-state index in [0.717, 1.165) is 25.7 Å². The van der Waals surface area contributed by atoms with Crippen molar-refractivity contribution in [1.82, 2.24) is 14.3 Å². The third-order valence-electron chi connectivity index (χ3n) is 5.24. The van der Waals surface area contributed by atoms with Crippen LogP contribution in [0.5, 0.6) is 0 Å². The van der Waals surface area contributed by atoms with Crippen LogP contribution in [0, 0.1) is 5.92 Å². The van der Waals surface area contributed by atoms with Crippen molar-refractivity contribution in [2.24, 2.45) is 5.92 Å². The maximum absolute atomic E-state index is 12.8. The summed E-state index contributed by atoms with van der Waals surface area (Å²) in [6.45, 7) is 2.03. The van der Waals surface area contributed by atoms with Gasteiger partial charge in [0.2, 0.25) is 5.91 Å². The topological polar surface area (TPSA) is 93.0 Å². The number of morpholine rings is 1. The number of nitrogens with zero attached hydrogens (tertiary/aromatic N) is 3. The van der Waals surface area contributed by atoms with E-state index in [9.17, 15) is 14.4 Å². The number of carbonyl (C=O) groups excluding carboxylic acids is 2. The Kier molecular flexibility index (Phi) is 4.89. The first-order chi connectivity index (χ1) is 13.1. The number of carbonyl (C=O) groups is 2. The molecule has 1 N–H and O–H groups in total. The highest BCUT2D eigenvalue weighted by molar-refractivity contribution is 6.00. The molecule has 0 spiro atoms. The van der Waals surface area contributed by atoms with Crippen LogP contribution in [0.25, 0.3) is 5.65 Å². The minimum absolute atomic E-state index is 0.0423. The summed E-state index contributed by atoms with van der Waals surface area (Å²) >= 11 is 0. The van der Waals surface area contributed by atoms with Gasteiger partial charge in [-0.2, -0.15) is 0 Å². The molecular formula is C19H22N4O4. The second-order valence-corrected chi connectivity index (χ2v) is 6.97. The minimum Gasteiger partial charge on any atom is -0.378 e. The van der Waals surface area contributed by atoms with Crippen molar-refractivity contribution in [2.45, 2.75) is 25.7 Å². The molecule has 1 saturated heterocycles. The molecule has 2 fully saturated rings. The first-order valence-corrected chi connectivity index (χ1v) is 9.33. The second kappa shape index (κ2) is 7.48. The maximum Gasteiger partial charge on any atom is 0.281 e. The Balaban J connectivity index is 1.64. The van der Waals surface area contributed by atoms with E-state index in [1.807, 2.05) is 0 Å². The van der Waals surface area contributed by atoms with Gasteiger partial charge in [-0.05, 0) is 25.0 Å². The molecule has 4 rings (SSSR count). The van der Waals surface area contributed by atoms with Gasteiger partial charge in [0.15, 0.2) is 5.65 Å². The van der Waals surface area contributed by atoms with Crippen molar-refractivity contribution >= 4 is 23.1 Å². The van der Waals surface area contributed by atoms with Gasteiger partial charge in [0.1, 0.15) is 5.69 Å². The van der Waals surface area contributed by atoms with E-state index in [1.54, 1.807) is 23.2 Å². The molecule has 1 aliphatic heterocycles. The fraction of sp³-hybridized carbons (Fsp3) is 0.474. The molecular weight excluding hydrogens is 348 g/mol. The Labute approximate surface area is 156 Å². The molecule has 0 atom stereocenters. The summed E-state index contributed by atoms with van der Waals surface area (Å²) in [6.07, 6.45) is 6.70. The number of hydrogen-bond acceptors (Lipinski definition) is 5. The number of rotatable bonds is 3. The van der Waals surface area contributed by atoms with Gasteiger partial charge in [0.05, 0.1) is 25.0 Å². The predicted molar refractivity (Wildman–Crippen MR) is 98.8 cm³/mol. The van der Waals surface area contributed by atoms with Crippen molar-refractivity contribution in [2.75, 3.05) is 31.6 Å². The zero-order chi connectivity index (χ0) is 18.8. The van der Waals surface area contributed by atoms with Crippen LogP contribution in [0.4, 0.5) is 5.69 Å². The molecule has 8 heteroatoms. The highest BCUT2D eigenvalue weighted by Gasteiger charge is 2.25. The van der Waals surface area contributed by atoms with E-state index in [1.165, 1.54) is 10.6 Å². The van der Waals surface area contributed by atoms with Gasteiger partial charge in [0, 0.05) is 25.2 Å². The van der Waals surface area contributed by atoms with Crippen LogP contribution in [0.15, 0.2) is 29.3 Å². The number of pyridine rings is 1. The van der Waals surface area contributed by atoms with E-state index in [2.05, 4.69) is 10.3 Å². The first kappa shape index (κ1) is 17.7. The third-order valence-corrected chi connectivity index (χ3v) is 5.24. The zero-order valence-corrected chi connectivity index (χ0v) is 15.0. The quantitative estimate of drug-likeness (QED) is 0.879. The summed E-state index contributed by atoms with van der Waals surface area (Å²) in [5.41, 5.74) is 0.409. The molecule has 2 aromatic rings. The van der Waals surface area contributed by atoms with Crippen LogP contribution in [-0.4, -0.2) is 52.4 Å². The number of amides is 2. The third kappa shape index (κ3) is 3.44. The van der Waals surface area contributed by atoms with Crippen LogP contribution in [0.3, 0.4) is 0 Å². The molecule has 1 saturated carbocycles. The molecule has 0 bridgehead atoms. The standard InChI is InChI=1S/C19H22N4O4/c24-17(13-4-1-2-5-13)21-15-12-20-16-14(6-3-7-23(16)19(15)26)18(25)22-8-10-27-11-9-22/h3,6-7,12-13H,1-2,4-5,8-11H2,(H,21,24). The molecule has 142 valence electrons. The zero-order valence-electron chi connectivity index (χ0n) is 15.0. The fourth-order valence-electron chi connectivity index (χ4n) is 3.72. The van der Waals surface area contributed by atoms with Gasteiger partial charge in [-0.15, -0.1) is 0 Å². The molecule has 0 radical (unpaired) electrons. The minimum atomic E-state index is -0.386. The van der Waals surface area contributed by atoms with Gasteiger partial charge in [0.25, 0.3) is 11.5 Å². The molecule has 0 aromatic carbocycles. The molecule has 0 unspecified atom stereocenters. The number of fused-ring (bicyclic) bond motifs is 1. The van der Waals surface area contributed by atoms with Gasteiger partial charge in [-0.1, -0.05) is 12.8 Å². The van der Waals surface area contributed by atoms with E-state index in [-0.39, 0.29) is 34.6 Å². The average Bonchev–Trinajstić information content (AvgIpc) is 3.25. The highest BCUT2D eigenvalue weighted by atomic mass is 16.5. The van der Waals surface area contributed by atoms with Crippen LogP contribution in [-0.2, 0) is 9.53 Å². The number of hydrogen-bond donors (Lipinski definition) is 1. The molecule has 2 amide bonds. The van der Waals surface area contributed by atoms with Gasteiger partial charge in [-0.3, -0.25) is 18.8 Å². The normalized spacial score (nSPS) is 18.0. The summed E-state index contributed by atoms with van der Waals surface area (Å²) in [5.74, 6) is -0.350. The van der Waals surface area contributed by atoms with E-state index in [0.29, 0.717) is 31.9 Å². The fourth-order valence-corrected chi connectivity index (χ4v) is 3.72. The number of anilines is 1. The SMILES string of the molecule is O=C(Nc1cnc2c(C(=O)N3CCOCC3)cccn2c1=O)C1CCCC1. The number of aromatic nitrogens is 2. The summed E-state index contributed by atoms with van der Waals surface area (Å²) in [6, 6.07) is 3.31. The van der Waals surface area contributed by atoms with E-state index >= 15 is 0 Å². The smallest absolute Gasteiger partial charge is 0.281 e. The summed E-state index contributed by atoms with van der Waals surface area (Å²) in [4.78, 5) is 43.9. The molecule has 27 heavy (non-hydrogen) atoms. The van der Waals surface area contributed by atoms with Crippen molar-refractivity contribution < 1.29 is 14.3 Å². The Morgan fingerprint density at radius 3 is 2.67 bits per heavy atom. The number of nitrogens with one attached hydrogen (secondary N) is 1. The molecule has 2 aromatic heterocycles. The lowest BCUT2D eigenvalue weighted by atomic mass is 10.1. The first-order valence-electron chi connectivity index (χ1n) is 9.33. The van der Waals surface area contributed by atoms with E-state index in [4.69, 9.17) is 4.74 Å². The van der Waals surface area contributed by atoms with Crippen LogP contribution >= 0.6 is 0 Å². The van der Waals surface area contributed by atoms with Gasteiger partial charge in [-0.25, -0.2) is 4.98 Å². The van der Waals surface area contributed by atoms with Crippen molar-refractivity contribution in [3.63, 3.8) is 0 Å². The monoisotopic (exact) mass is 370 g/mol. The number of ether oxygens (including phenoxy) is 1. The molecule has 3 heterocycles. The molecule has 1 aliphatic carbocycles. The van der Waals surface area contributed by atoms with Crippen LogP contribution in [0.2, 0.25) is 0 Å². The maximum atomic E-state index is 12.8. The lowest BCUT2D eigenvalue weighted by molar-refractivity contribution is -0.119. The second-order valence-electron chi connectivity index (χ2n) is 6.97. The summed E-state index contributed by atoms with van der Waals surface area (Å²) in [5, 5.41) is 2.71. The summed E-state index contributed by atoms with van der Waals surface area (Å²) < 4.78 is 6.60. The largest absolute Gasteiger partial charge is 0.378 e. The van der Waals surface area contributed by atoms with Crippen molar-refractivity contribution in [3.8, 4) is 0 Å². The van der Waals surface area contributed by atoms with Gasteiger partial charge < -0.3 is 15.0 Å². The Morgan fingerprint density at radius 2 is 1.93 bits per heavy atom. The Morgan fingerprint density at radius 1 is 1.19 bits per heavy atom. The Bertz CT molecular complexity index is 927. The lowest BCUT2D eigenvalue weighted by Gasteiger charge is -2.27. The van der Waals surface area contributed by atoms with Crippen molar-refractivity contribution in [1.29, 1.82) is 0 Å². The Hall–Kier alpha value is -2.74. The summed E-state index contributed by atoms with van der Waals surface area (Å²) in [7, 11) is 0. The molecule has 8 nitrogen and oxygen atoms in total.